The van der Waals surface area contributed by atoms with Gasteiger partial charge in [-0.3, -0.25) is 4.79 Å². The van der Waals surface area contributed by atoms with Crippen LogP contribution in [-0.4, -0.2) is 54.5 Å². The van der Waals surface area contributed by atoms with Gasteiger partial charge >= 0.3 is 0 Å². The van der Waals surface area contributed by atoms with Crippen LogP contribution >= 0.6 is 11.6 Å². The molecule has 0 bridgehead atoms. The van der Waals surface area contributed by atoms with Crippen molar-refractivity contribution in [3.05, 3.63) is 88.9 Å². The summed E-state index contributed by atoms with van der Waals surface area (Å²) in [6.45, 7) is 3.14. The fourth-order valence-corrected chi connectivity index (χ4v) is 4.57. The van der Waals surface area contributed by atoms with Crippen LogP contribution in [0, 0.1) is 0 Å². The lowest BCUT2D eigenvalue weighted by molar-refractivity contribution is -0.946. The van der Waals surface area contributed by atoms with Crippen LogP contribution < -0.4 is 10.7 Å². The van der Waals surface area contributed by atoms with Crippen LogP contribution in [0.1, 0.15) is 11.1 Å². The zero-order valence-corrected chi connectivity index (χ0v) is 19.3. The molecule has 0 spiro atoms. The van der Waals surface area contributed by atoms with Crippen molar-refractivity contribution in [2.75, 3.05) is 38.5 Å². The number of aliphatic imine (C=N–C) groups is 1. The minimum atomic E-state index is 0.0436. The van der Waals surface area contributed by atoms with Crippen molar-refractivity contribution in [3.8, 4) is 0 Å². The Morgan fingerprint density at radius 3 is 2.55 bits per heavy atom. The molecular formula is C26H27ClN5O+. The molecule has 33 heavy (non-hydrogen) atoms. The third-order valence-electron chi connectivity index (χ3n) is 6.25. The molecule has 0 aromatic heterocycles. The molecule has 0 atom stereocenters. The zero-order valence-electron chi connectivity index (χ0n) is 18.6. The molecular weight excluding hydrogens is 434 g/mol. The van der Waals surface area contributed by atoms with E-state index in [0.717, 1.165) is 60.2 Å². The predicted molar refractivity (Wildman–Crippen MR) is 133 cm³/mol. The molecule has 3 aromatic carbocycles. The number of nitrogens with zero attached hydrogens (tertiary/aromatic N) is 3. The molecule has 0 saturated carbocycles. The molecule has 168 valence electrons. The van der Waals surface area contributed by atoms with E-state index >= 15 is 0 Å². The Morgan fingerprint density at radius 1 is 1.03 bits per heavy atom. The maximum Gasteiger partial charge on any atom is 0.269 e. The predicted octanol–water partition coefficient (Wildman–Crippen LogP) is 4.51. The summed E-state index contributed by atoms with van der Waals surface area (Å²) < 4.78 is 0.512. The highest BCUT2D eigenvalue weighted by Crippen LogP contribution is 2.36. The van der Waals surface area contributed by atoms with Gasteiger partial charge in [-0.25, -0.2) is 15.0 Å². The van der Waals surface area contributed by atoms with E-state index in [2.05, 4.69) is 34.8 Å². The summed E-state index contributed by atoms with van der Waals surface area (Å²) in [4.78, 5) is 20.0. The molecule has 0 radical (unpaired) electrons. The lowest BCUT2D eigenvalue weighted by atomic mass is 10.1. The van der Waals surface area contributed by atoms with Crippen LogP contribution in [0.15, 0.2) is 77.8 Å². The van der Waals surface area contributed by atoms with E-state index in [4.69, 9.17) is 16.6 Å². The molecule has 3 aromatic rings. The van der Waals surface area contributed by atoms with Gasteiger partial charge in [0.1, 0.15) is 18.9 Å². The number of likely N-dealkylation sites (N-methyl/N-ethyl adjacent to an activating group) is 1. The molecule has 0 unspecified atom stereocenters. The summed E-state index contributed by atoms with van der Waals surface area (Å²) in [5.41, 5.74) is 8.10. The minimum absolute atomic E-state index is 0.0436. The first kappa shape index (κ1) is 21.5. The number of quaternary nitrogens is 1. The van der Waals surface area contributed by atoms with E-state index in [0.29, 0.717) is 16.0 Å². The van der Waals surface area contributed by atoms with Gasteiger partial charge < -0.3 is 10.2 Å². The largest absolute Gasteiger partial charge is 0.353 e. The summed E-state index contributed by atoms with van der Waals surface area (Å²) in [7, 11) is 2.08. The van der Waals surface area contributed by atoms with Gasteiger partial charge in [0.2, 0.25) is 0 Å². The van der Waals surface area contributed by atoms with Gasteiger partial charge in [-0.15, -0.1) is 0 Å². The number of para-hydroxylation sites is 1. The van der Waals surface area contributed by atoms with Gasteiger partial charge in [0.15, 0.2) is 0 Å². The van der Waals surface area contributed by atoms with E-state index in [1.165, 1.54) is 0 Å². The van der Waals surface area contributed by atoms with Gasteiger partial charge in [-0.05, 0) is 35.9 Å². The van der Waals surface area contributed by atoms with Crippen molar-refractivity contribution < 1.29 is 9.39 Å². The molecule has 1 amide bonds. The first-order chi connectivity index (χ1) is 16.0. The van der Waals surface area contributed by atoms with E-state index in [-0.39, 0.29) is 5.91 Å². The van der Waals surface area contributed by atoms with Crippen LogP contribution in [0.4, 0.5) is 17.1 Å². The number of carbonyl (C=O) groups is 1. The van der Waals surface area contributed by atoms with Gasteiger partial charge in [0.25, 0.3) is 5.91 Å². The highest BCUT2D eigenvalue weighted by Gasteiger charge is 2.33. The summed E-state index contributed by atoms with van der Waals surface area (Å²) in [5, 5.41) is 4.16. The molecule has 7 heteroatoms. The van der Waals surface area contributed by atoms with Crippen LogP contribution in [0.3, 0.4) is 0 Å². The highest BCUT2D eigenvalue weighted by molar-refractivity contribution is 6.31. The fraction of sp³-hybridized carbons (Fsp3) is 0.231. The van der Waals surface area contributed by atoms with Crippen molar-refractivity contribution in [2.24, 2.45) is 4.99 Å². The normalized spacial score (nSPS) is 16.5. The Labute approximate surface area is 199 Å². The van der Waals surface area contributed by atoms with Crippen molar-refractivity contribution in [3.63, 3.8) is 0 Å². The molecule has 1 saturated heterocycles. The van der Waals surface area contributed by atoms with Crippen LogP contribution in [-0.2, 0) is 11.2 Å². The Bertz CT molecular complexity index is 1200. The molecule has 1 fully saturated rings. The molecule has 2 N–H and O–H groups in total. The Kier molecular flexibility index (Phi) is 5.79. The van der Waals surface area contributed by atoms with Crippen molar-refractivity contribution >= 4 is 40.4 Å². The molecule has 0 aliphatic carbocycles. The standard InChI is InChI=1S/C26H26ClN5O/c1-32(30-25(33)17-19-7-3-2-4-8-19)15-13-31(14-16-32)26-21-9-5-6-10-22(21)28-23-12-11-20(27)18-24(23)29-26/h2-12,18H,13-17H2,1H3,(H-,28,29,30,33)/p+1. The third-order valence-corrected chi connectivity index (χ3v) is 6.49. The van der Waals surface area contributed by atoms with Gasteiger partial charge in [0.05, 0.1) is 37.9 Å². The summed E-state index contributed by atoms with van der Waals surface area (Å²) in [6.07, 6.45) is 0.391. The number of hydrogen-bond donors (Lipinski definition) is 2. The molecule has 5 rings (SSSR count). The van der Waals surface area contributed by atoms with E-state index in [1.807, 2.05) is 60.7 Å². The first-order valence-electron chi connectivity index (χ1n) is 11.2. The van der Waals surface area contributed by atoms with Gasteiger partial charge in [-0.2, -0.15) is 0 Å². The minimum Gasteiger partial charge on any atom is -0.353 e. The van der Waals surface area contributed by atoms with E-state index in [1.54, 1.807) is 0 Å². The van der Waals surface area contributed by atoms with Crippen LogP contribution in [0.5, 0.6) is 0 Å². The molecule has 2 heterocycles. The molecule has 2 aliphatic rings. The summed E-state index contributed by atoms with van der Waals surface area (Å²) in [5.74, 6) is 0.975. The van der Waals surface area contributed by atoms with Crippen molar-refractivity contribution in [2.45, 2.75) is 6.42 Å². The molecule has 2 aliphatic heterocycles. The number of hydrogen-bond acceptors (Lipinski definition) is 4. The highest BCUT2D eigenvalue weighted by atomic mass is 35.5. The number of amidine groups is 1. The number of nitrogens with one attached hydrogen (secondary N) is 2. The topological polar surface area (TPSA) is 56.7 Å². The van der Waals surface area contributed by atoms with Crippen molar-refractivity contribution in [1.82, 2.24) is 10.3 Å². The fourth-order valence-electron chi connectivity index (χ4n) is 4.40. The molecule has 6 nitrogen and oxygen atoms in total. The number of benzene rings is 3. The van der Waals surface area contributed by atoms with Crippen LogP contribution in [0.25, 0.3) is 0 Å². The Hall–Kier alpha value is -3.35. The second-order valence-corrected chi connectivity index (χ2v) is 9.23. The number of piperazine rings is 1. The smallest absolute Gasteiger partial charge is 0.269 e. The average Bonchev–Trinajstić information content (AvgIpc) is 2.96. The quantitative estimate of drug-likeness (QED) is 0.565. The van der Waals surface area contributed by atoms with E-state index in [9.17, 15) is 4.79 Å². The third kappa shape index (κ3) is 4.72. The number of rotatable bonds is 3. The van der Waals surface area contributed by atoms with E-state index < -0.39 is 0 Å². The van der Waals surface area contributed by atoms with Crippen molar-refractivity contribution in [1.29, 1.82) is 0 Å². The Morgan fingerprint density at radius 2 is 1.76 bits per heavy atom. The second-order valence-electron chi connectivity index (χ2n) is 8.79. The van der Waals surface area contributed by atoms with Gasteiger partial charge in [-0.1, -0.05) is 54.1 Å². The zero-order chi connectivity index (χ0) is 22.8. The number of halogens is 1. The number of carbonyl (C=O) groups excluding carboxylic acids is 1. The van der Waals surface area contributed by atoms with Crippen LogP contribution in [0.2, 0.25) is 5.02 Å². The number of fused-ring (bicyclic) bond motifs is 2. The second kappa shape index (κ2) is 8.89. The number of anilines is 2. The van der Waals surface area contributed by atoms with Gasteiger partial charge in [0, 0.05) is 16.3 Å². The maximum atomic E-state index is 12.7. The first-order valence-corrected chi connectivity index (χ1v) is 11.6. The summed E-state index contributed by atoms with van der Waals surface area (Å²) >= 11 is 6.27. The number of amides is 1. The summed E-state index contributed by atoms with van der Waals surface area (Å²) in [6, 6.07) is 23.8. The average molecular weight is 461 g/mol. The Balaban J connectivity index is 1.34. The lowest BCUT2D eigenvalue weighted by Gasteiger charge is -2.42. The monoisotopic (exact) mass is 460 g/mol. The SMILES string of the molecule is C[N+]1(NC(=O)Cc2ccccc2)CCN(C2=Nc3cc(Cl)ccc3Nc3ccccc32)CC1. The maximum absolute atomic E-state index is 12.7. The lowest BCUT2D eigenvalue weighted by Crippen LogP contribution is -2.66.